The summed E-state index contributed by atoms with van der Waals surface area (Å²) in [4.78, 5) is 14.6. The molecule has 4 rings (SSSR count). The Bertz CT molecular complexity index is 1040. The first-order valence-corrected chi connectivity index (χ1v) is 10.7. The summed E-state index contributed by atoms with van der Waals surface area (Å²) in [7, 11) is 0. The molecule has 160 valence electrons. The summed E-state index contributed by atoms with van der Waals surface area (Å²) >= 11 is 0. The van der Waals surface area contributed by atoms with Crippen LogP contribution in [-0.4, -0.2) is 46.8 Å². The van der Waals surface area contributed by atoms with Gasteiger partial charge in [-0.05, 0) is 37.1 Å². The quantitative estimate of drug-likeness (QED) is 0.609. The smallest absolute Gasteiger partial charge is 0.234 e. The van der Waals surface area contributed by atoms with E-state index in [1.807, 2.05) is 72.4 Å². The molecule has 0 radical (unpaired) electrons. The molecule has 0 atom stereocenters. The highest BCUT2D eigenvalue weighted by Gasteiger charge is 2.17. The molecule has 0 spiro atoms. The molecule has 0 saturated heterocycles. The molecule has 0 unspecified atom stereocenters. The Balaban J connectivity index is 1.29. The second kappa shape index (κ2) is 10.1. The maximum Gasteiger partial charge on any atom is 0.234 e. The fourth-order valence-electron chi connectivity index (χ4n) is 3.73. The van der Waals surface area contributed by atoms with Crippen LogP contribution >= 0.6 is 0 Å². The third-order valence-electron chi connectivity index (χ3n) is 5.38. The maximum atomic E-state index is 12.4. The van der Waals surface area contributed by atoms with Crippen molar-refractivity contribution in [1.82, 2.24) is 20.0 Å². The molecule has 1 aromatic heterocycles. The topological polar surface area (TPSA) is 59.4 Å². The van der Waals surface area contributed by atoms with E-state index in [4.69, 9.17) is 4.74 Å². The number of hydrogen-bond donors (Lipinski definition) is 1. The number of nitrogens with one attached hydrogen (secondary N) is 1. The molecule has 2 heterocycles. The lowest BCUT2D eigenvalue weighted by Gasteiger charge is -2.25. The Morgan fingerprint density at radius 1 is 1.13 bits per heavy atom. The van der Waals surface area contributed by atoms with Crippen LogP contribution in [0.4, 0.5) is 0 Å². The first-order valence-electron chi connectivity index (χ1n) is 10.7. The van der Waals surface area contributed by atoms with Crippen molar-refractivity contribution in [2.45, 2.75) is 19.9 Å². The Hall–Kier alpha value is -3.38. The molecule has 31 heavy (non-hydrogen) atoms. The van der Waals surface area contributed by atoms with Gasteiger partial charge >= 0.3 is 0 Å². The number of nitrogens with zero attached hydrogens (tertiary/aromatic N) is 3. The number of carbonyl (C=O) groups excluding carboxylic acids is 1. The van der Waals surface area contributed by atoms with E-state index in [0.29, 0.717) is 19.7 Å². The van der Waals surface area contributed by atoms with Crippen molar-refractivity contribution in [3.8, 4) is 11.4 Å². The van der Waals surface area contributed by atoms with E-state index >= 15 is 0 Å². The lowest BCUT2D eigenvalue weighted by molar-refractivity contribution is -0.122. The van der Waals surface area contributed by atoms with Crippen molar-refractivity contribution >= 4 is 11.5 Å². The van der Waals surface area contributed by atoms with Crippen LogP contribution in [0.5, 0.6) is 5.75 Å². The van der Waals surface area contributed by atoms with Gasteiger partial charge in [-0.2, -0.15) is 5.10 Å². The summed E-state index contributed by atoms with van der Waals surface area (Å²) in [6.07, 6.45) is 7.09. The normalized spacial score (nSPS) is 14.2. The summed E-state index contributed by atoms with van der Waals surface area (Å²) < 4.78 is 7.53. The number of aromatic nitrogens is 2. The summed E-state index contributed by atoms with van der Waals surface area (Å²) in [5, 5.41) is 7.51. The Morgan fingerprint density at radius 2 is 1.94 bits per heavy atom. The zero-order chi connectivity index (χ0) is 21.5. The minimum absolute atomic E-state index is 0.0278. The zero-order valence-corrected chi connectivity index (χ0v) is 17.8. The molecule has 6 heteroatoms. The number of carbonyl (C=O) groups is 1. The first-order chi connectivity index (χ1) is 15.2. The molecule has 1 amide bonds. The largest absolute Gasteiger partial charge is 0.494 e. The average Bonchev–Trinajstić information content (AvgIpc) is 3.30. The van der Waals surface area contributed by atoms with Crippen LogP contribution in [-0.2, 0) is 11.3 Å². The lowest BCUT2D eigenvalue weighted by atomic mass is 10.0. The highest BCUT2D eigenvalue weighted by atomic mass is 16.5. The molecular formula is C25H28N4O2. The number of amides is 1. The van der Waals surface area contributed by atoms with Gasteiger partial charge in [-0.3, -0.25) is 9.69 Å². The van der Waals surface area contributed by atoms with Crippen molar-refractivity contribution in [3.63, 3.8) is 0 Å². The number of hydrogen-bond acceptors (Lipinski definition) is 4. The molecule has 0 fully saturated rings. The number of rotatable bonds is 8. The third-order valence-corrected chi connectivity index (χ3v) is 5.38. The van der Waals surface area contributed by atoms with Crippen LogP contribution in [0, 0.1) is 0 Å². The summed E-state index contributed by atoms with van der Waals surface area (Å²) in [6, 6.07) is 17.9. The van der Waals surface area contributed by atoms with Gasteiger partial charge in [0.25, 0.3) is 0 Å². The fraction of sp³-hybridized carbons (Fsp3) is 0.280. The van der Waals surface area contributed by atoms with E-state index in [9.17, 15) is 4.79 Å². The van der Waals surface area contributed by atoms with E-state index in [1.54, 1.807) is 0 Å². The summed E-state index contributed by atoms with van der Waals surface area (Å²) in [5.41, 5.74) is 4.47. The minimum Gasteiger partial charge on any atom is -0.494 e. The van der Waals surface area contributed by atoms with E-state index in [0.717, 1.165) is 42.1 Å². The predicted octanol–water partition coefficient (Wildman–Crippen LogP) is 3.68. The number of ether oxygens (including phenoxy) is 1. The van der Waals surface area contributed by atoms with Gasteiger partial charge in [-0.1, -0.05) is 42.5 Å². The SMILES string of the molecule is CCOc1ccccc1CNC(=O)CN1CC=C(c2cnn(-c3ccccc3)c2)CC1. The van der Waals surface area contributed by atoms with Gasteiger partial charge < -0.3 is 10.1 Å². The van der Waals surface area contributed by atoms with Gasteiger partial charge in [0.05, 0.1) is 25.0 Å². The summed E-state index contributed by atoms with van der Waals surface area (Å²) in [6.45, 7) is 5.05. The maximum absolute atomic E-state index is 12.4. The Labute approximate surface area is 183 Å². The Morgan fingerprint density at radius 3 is 2.71 bits per heavy atom. The third kappa shape index (κ3) is 5.41. The van der Waals surface area contributed by atoms with Crippen LogP contribution in [0.1, 0.15) is 24.5 Å². The van der Waals surface area contributed by atoms with Crippen LogP contribution in [0.2, 0.25) is 0 Å². The second-order valence-electron chi connectivity index (χ2n) is 7.54. The number of para-hydroxylation sites is 2. The lowest BCUT2D eigenvalue weighted by Crippen LogP contribution is -2.39. The highest BCUT2D eigenvalue weighted by Crippen LogP contribution is 2.23. The molecular weight excluding hydrogens is 388 g/mol. The number of benzene rings is 2. The van der Waals surface area contributed by atoms with Crippen LogP contribution < -0.4 is 10.1 Å². The molecule has 1 aliphatic rings. The van der Waals surface area contributed by atoms with Gasteiger partial charge in [-0.15, -0.1) is 0 Å². The van der Waals surface area contributed by atoms with Crippen molar-refractivity contribution in [3.05, 3.63) is 84.2 Å². The Kier molecular flexibility index (Phi) is 6.79. The molecule has 6 nitrogen and oxygen atoms in total. The molecule has 2 aromatic carbocycles. The van der Waals surface area contributed by atoms with Gasteiger partial charge in [0.1, 0.15) is 5.75 Å². The van der Waals surface area contributed by atoms with Crippen molar-refractivity contribution in [1.29, 1.82) is 0 Å². The summed E-state index contributed by atoms with van der Waals surface area (Å²) in [5.74, 6) is 0.854. The fourth-order valence-corrected chi connectivity index (χ4v) is 3.73. The predicted molar refractivity (Wildman–Crippen MR) is 122 cm³/mol. The molecule has 1 N–H and O–H groups in total. The molecule has 0 aliphatic carbocycles. The van der Waals surface area contributed by atoms with E-state index < -0.39 is 0 Å². The first kappa shape index (κ1) is 20.9. The minimum atomic E-state index is 0.0278. The van der Waals surface area contributed by atoms with E-state index in [-0.39, 0.29) is 5.91 Å². The molecule has 3 aromatic rings. The van der Waals surface area contributed by atoms with Crippen molar-refractivity contribution < 1.29 is 9.53 Å². The van der Waals surface area contributed by atoms with Gasteiger partial charge in [0.15, 0.2) is 0 Å². The highest BCUT2D eigenvalue weighted by molar-refractivity contribution is 5.78. The van der Waals surface area contributed by atoms with Crippen LogP contribution in [0.3, 0.4) is 0 Å². The van der Waals surface area contributed by atoms with Crippen LogP contribution in [0.15, 0.2) is 73.1 Å². The van der Waals surface area contributed by atoms with E-state index in [2.05, 4.69) is 27.6 Å². The average molecular weight is 417 g/mol. The van der Waals surface area contributed by atoms with Gasteiger partial charge in [0, 0.05) is 37.0 Å². The molecule has 0 saturated carbocycles. The molecule has 1 aliphatic heterocycles. The monoisotopic (exact) mass is 416 g/mol. The second-order valence-corrected chi connectivity index (χ2v) is 7.54. The van der Waals surface area contributed by atoms with Gasteiger partial charge in [0.2, 0.25) is 5.91 Å². The van der Waals surface area contributed by atoms with Gasteiger partial charge in [-0.25, -0.2) is 4.68 Å². The molecule has 0 bridgehead atoms. The van der Waals surface area contributed by atoms with Crippen LogP contribution in [0.25, 0.3) is 11.3 Å². The van der Waals surface area contributed by atoms with Crippen molar-refractivity contribution in [2.24, 2.45) is 0 Å². The standard InChI is InChI=1S/C25H28N4O2/c1-2-31-24-11-7-6-8-21(24)16-26-25(30)19-28-14-12-20(13-15-28)22-17-27-29(18-22)23-9-4-3-5-10-23/h3-12,17-18H,2,13-16,19H2,1H3,(H,26,30). The van der Waals surface area contributed by atoms with Crippen molar-refractivity contribution in [2.75, 3.05) is 26.2 Å². The van der Waals surface area contributed by atoms with E-state index in [1.165, 1.54) is 5.57 Å². The zero-order valence-electron chi connectivity index (χ0n) is 17.8.